The maximum Gasteiger partial charge on any atom is 0.264 e. The van der Waals surface area contributed by atoms with Crippen molar-refractivity contribution in [2.75, 3.05) is 17.4 Å². The van der Waals surface area contributed by atoms with E-state index in [1.807, 2.05) is 39.8 Å². The lowest BCUT2D eigenvalue weighted by atomic mass is 10.1. The van der Waals surface area contributed by atoms with E-state index in [0.29, 0.717) is 28.4 Å². The van der Waals surface area contributed by atoms with Gasteiger partial charge in [0.2, 0.25) is 11.8 Å². The third-order valence-corrected chi connectivity index (χ3v) is 8.67. The Morgan fingerprint density at radius 1 is 0.949 bits per heavy atom. The van der Waals surface area contributed by atoms with E-state index in [2.05, 4.69) is 5.32 Å². The Hall–Kier alpha value is -3.36. The molecule has 0 radical (unpaired) electrons. The van der Waals surface area contributed by atoms with Gasteiger partial charge in [-0.1, -0.05) is 72.1 Å². The maximum atomic E-state index is 14.0. The van der Waals surface area contributed by atoms with E-state index >= 15 is 0 Å². The van der Waals surface area contributed by atoms with E-state index in [-0.39, 0.29) is 17.3 Å². The van der Waals surface area contributed by atoms with E-state index in [1.54, 1.807) is 49.4 Å². The van der Waals surface area contributed by atoms with Gasteiger partial charge in [-0.3, -0.25) is 13.9 Å². The lowest BCUT2D eigenvalue weighted by molar-refractivity contribution is -0.139. The molecule has 0 heterocycles. The van der Waals surface area contributed by atoms with Crippen molar-refractivity contribution in [1.82, 2.24) is 10.2 Å². The SMILES string of the molecule is CCCNC(=O)[C@H](C)N(Cc1ccccc1Cl)C(=O)CN(c1ccc(C)cc1C)S(=O)(=O)c1ccc(C)cc1. The summed E-state index contributed by atoms with van der Waals surface area (Å²) in [6.45, 7) is 9.20. The lowest BCUT2D eigenvalue weighted by Crippen LogP contribution is -2.51. The van der Waals surface area contributed by atoms with Crippen molar-refractivity contribution in [2.45, 2.75) is 58.5 Å². The number of anilines is 1. The molecule has 39 heavy (non-hydrogen) atoms. The van der Waals surface area contributed by atoms with Crippen molar-refractivity contribution in [1.29, 1.82) is 0 Å². The van der Waals surface area contributed by atoms with Gasteiger partial charge in [0.25, 0.3) is 10.0 Å². The van der Waals surface area contributed by atoms with Gasteiger partial charge in [0.1, 0.15) is 12.6 Å². The Morgan fingerprint density at radius 2 is 1.59 bits per heavy atom. The molecule has 1 N–H and O–H groups in total. The van der Waals surface area contributed by atoms with Crippen LogP contribution in [0.1, 0.15) is 42.5 Å². The molecular weight excluding hydrogens is 534 g/mol. The first-order chi connectivity index (χ1) is 18.4. The molecule has 3 aromatic carbocycles. The van der Waals surface area contributed by atoms with E-state index in [1.165, 1.54) is 17.0 Å². The quantitative estimate of drug-likeness (QED) is 0.335. The average molecular weight is 570 g/mol. The standard InChI is InChI=1S/C30H36ClN3O4S/c1-6-17-32-30(36)24(5)33(19-25-9-7-8-10-27(25)31)29(35)20-34(28-16-13-22(3)18-23(28)4)39(37,38)26-14-11-21(2)12-15-26/h7-16,18,24H,6,17,19-20H2,1-5H3,(H,32,36)/t24-/m0/s1. The normalized spacial score (nSPS) is 12.1. The van der Waals surface area contributed by atoms with Crippen LogP contribution in [0.15, 0.2) is 71.6 Å². The van der Waals surface area contributed by atoms with E-state index in [4.69, 9.17) is 11.6 Å². The Kier molecular flexibility index (Phi) is 10.2. The van der Waals surface area contributed by atoms with Gasteiger partial charge in [0, 0.05) is 18.1 Å². The third-order valence-electron chi connectivity index (χ3n) is 6.52. The van der Waals surface area contributed by atoms with Crippen LogP contribution in [0.25, 0.3) is 0 Å². The average Bonchev–Trinajstić information content (AvgIpc) is 2.90. The number of aryl methyl sites for hydroxylation is 3. The van der Waals surface area contributed by atoms with Crippen LogP contribution in [0.4, 0.5) is 5.69 Å². The fourth-order valence-corrected chi connectivity index (χ4v) is 5.90. The van der Waals surface area contributed by atoms with Crippen molar-refractivity contribution >= 4 is 39.1 Å². The smallest absolute Gasteiger partial charge is 0.264 e. The highest BCUT2D eigenvalue weighted by Gasteiger charge is 2.33. The number of nitrogens with one attached hydrogen (secondary N) is 1. The molecule has 9 heteroatoms. The van der Waals surface area contributed by atoms with Gasteiger partial charge in [0.15, 0.2) is 0 Å². The molecule has 0 spiro atoms. The van der Waals surface area contributed by atoms with Crippen molar-refractivity contribution in [3.8, 4) is 0 Å². The zero-order valence-corrected chi connectivity index (χ0v) is 24.6. The van der Waals surface area contributed by atoms with Crippen LogP contribution in [0.5, 0.6) is 0 Å². The first kappa shape index (κ1) is 30.2. The molecule has 0 aromatic heterocycles. The molecule has 3 rings (SSSR count). The van der Waals surface area contributed by atoms with Crippen LogP contribution >= 0.6 is 11.6 Å². The molecule has 0 aliphatic rings. The van der Waals surface area contributed by atoms with Gasteiger partial charge in [0.05, 0.1) is 10.6 Å². The van der Waals surface area contributed by atoms with Crippen LogP contribution in [-0.2, 0) is 26.2 Å². The zero-order valence-electron chi connectivity index (χ0n) is 23.1. The summed E-state index contributed by atoms with van der Waals surface area (Å²) >= 11 is 6.40. The predicted octanol–water partition coefficient (Wildman–Crippen LogP) is 5.40. The number of amides is 2. The fraction of sp³-hybridized carbons (Fsp3) is 0.333. The summed E-state index contributed by atoms with van der Waals surface area (Å²) in [4.78, 5) is 28.4. The minimum absolute atomic E-state index is 0.0461. The van der Waals surface area contributed by atoms with Crippen molar-refractivity contribution in [2.24, 2.45) is 0 Å². The summed E-state index contributed by atoms with van der Waals surface area (Å²) in [5.41, 5.74) is 3.65. The molecule has 0 unspecified atom stereocenters. The molecule has 0 fully saturated rings. The molecule has 0 aliphatic carbocycles. The number of hydrogen-bond donors (Lipinski definition) is 1. The zero-order chi connectivity index (χ0) is 28.7. The molecule has 3 aromatic rings. The summed E-state index contributed by atoms with van der Waals surface area (Å²) in [6.07, 6.45) is 0.742. The number of hydrogen-bond acceptors (Lipinski definition) is 4. The first-order valence-electron chi connectivity index (χ1n) is 12.9. The predicted molar refractivity (Wildman–Crippen MR) is 156 cm³/mol. The van der Waals surface area contributed by atoms with Gasteiger partial charge in [-0.25, -0.2) is 8.42 Å². The summed E-state index contributed by atoms with van der Waals surface area (Å²) in [6, 6.07) is 18.1. The summed E-state index contributed by atoms with van der Waals surface area (Å²) < 4.78 is 29.0. The van der Waals surface area contributed by atoms with Crippen molar-refractivity contribution < 1.29 is 18.0 Å². The van der Waals surface area contributed by atoms with Gasteiger partial charge in [-0.15, -0.1) is 0 Å². The maximum absolute atomic E-state index is 14.0. The van der Waals surface area contributed by atoms with Crippen LogP contribution in [0.2, 0.25) is 5.02 Å². The molecule has 7 nitrogen and oxygen atoms in total. The molecule has 0 aliphatic heterocycles. The van der Waals surface area contributed by atoms with Crippen LogP contribution in [-0.4, -0.2) is 44.3 Å². The largest absolute Gasteiger partial charge is 0.354 e. The van der Waals surface area contributed by atoms with Gasteiger partial charge in [-0.05, 0) is 69.5 Å². The monoisotopic (exact) mass is 569 g/mol. The molecule has 0 bridgehead atoms. The summed E-state index contributed by atoms with van der Waals surface area (Å²) in [5, 5.41) is 3.29. The topological polar surface area (TPSA) is 86.8 Å². The van der Waals surface area contributed by atoms with Crippen LogP contribution < -0.4 is 9.62 Å². The number of rotatable bonds is 11. The highest BCUT2D eigenvalue weighted by atomic mass is 35.5. The Balaban J connectivity index is 2.06. The summed E-state index contributed by atoms with van der Waals surface area (Å²) in [7, 11) is -4.12. The molecule has 2 amide bonds. The van der Waals surface area contributed by atoms with Gasteiger partial charge in [-0.2, -0.15) is 0 Å². The number of carbonyl (C=O) groups is 2. The van der Waals surface area contributed by atoms with Gasteiger partial charge >= 0.3 is 0 Å². The molecule has 0 saturated carbocycles. The second-order valence-corrected chi connectivity index (χ2v) is 12.0. The highest BCUT2D eigenvalue weighted by molar-refractivity contribution is 7.92. The Morgan fingerprint density at radius 3 is 2.21 bits per heavy atom. The second kappa shape index (κ2) is 13.1. The van der Waals surface area contributed by atoms with Crippen LogP contribution in [0, 0.1) is 20.8 Å². The minimum atomic E-state index is -4.12. The minimum Gasteiger partial charge on any atom is -0.354 e. The number of halogens is 1. The number of sulfonamides is 1. The number of nitrogens with zero attached hydrogens (tertiary/aromatic N) is 2. The fourth-order valence-electron chi connectivity index (χ4n) is 4.22. The number of carbonyl (C=O) groups excluding carboxylic acids is 2. The van der Waals surface area contributed by atoms with Gasteiger partial charge < -0.3 is 10.2 Å². The number of benzene rings is 3. The second-order valence-electron chi connectivity index (χ2n) is 9.69. The highest BCUT2D eigenvalue weighted by Crippen LogP contribution is 2.29. The third kappa shape index (κ3) is 7.40. The Bertz CT molecular complexity index is 1420. The molecule has 0 saturated heterocycles. The molecule has 1 atom stereocenters. The summed E-state index contributed by atoms with van der Waals surface area (Å²) in [5.74, 6) is -0.846. The lowest BCUT2D eigenvalue weighted by Gasteiger charge is -2.32. The van der Waals surface area contributed by atoms with E-state index in [9.17, 15) is 18.0 Å². The molecule has 208 valence electrons. The first-order valence-corrected chi connectivity index (χ1v) is 14.7. The van der Waals surface area contributed by atoms with Crippen molar-refractivity contribution in [3.63, 3.8) is 0 Å². The van der Waals surface area contributed by atoms with E-state index < -0.39 is 28.5 Å². The molecular formula is C30H36ClN3O4S. The van der Waals surface area contributed by atoms with E-state index in [0.717, 1.165) is 21.9 Å². The Labute approximate surface area is 236 Å². The van der Waals surface area contributed by atoms with Crippen molar-refractivity contribution in [3.05, 3.63) is 94.0 Å². The van der Waals surface area contributed by atoms with Crippen LogP contribution in [0.3, 0.4) is 0 Å².